The van der Waals surface area contributed by atoms with Crippen molar-refractivity contribution in [1.29, 1.82) is 0 Å². The van der Waals surface area contributed by atoms with Crippen LogP contribution in [0.3, 0.4) is 0 Å². The average Bonchev–Trinajstić information content (AvgIpc) is 3.18. The van der Waals surface area contributed by atoms with Gasteiger partial charge in [-0.2, -0.15) is 0 Å². The van der Waals surface area contributed by atoms with Crippen LogP contribution in [0.25, 0.3) is 0 Å². The number of nitrogens with zero attached hydrogens (tertiary/aromatic N) is 1. The Morgan fingerprint density at radius 2 is 2.03 bits per heavy atom. The third-order valence-electron chi connectivity index (χ3n) is 7.25. The van der Waals surface area contributed by atoms with Crippen molar-refractivity contribution in [1.82, 2.24) is 4.90 Å². The first-order chi connectivity index (χ1) is 16.4. The molecule has 3 rings (SSSR count). The van der Waals surface area contributed by atoms with E-state index in [-0.39, 0.29) is 29.5 Å². The van der Waals surface area contributed by atoms with Crippen molar-refractivity contribution < 1.29 is 23.8 Å². The van der Waals surface area contributed by atoms with Crippen LogP contribution in [0.4, 0.5) is 4.79 Å². The van der Waals surface area contributed by atoms with Crippen LogP contribution in [0.5, 0.6) is 0 Å². The highest BCUT2D eigenvalue weighted by molar-refractivity contribution is 8.13. The molecule has 34 heavy (non-hydrogen) atoms. The second-order valence-electron chi connectivity index (χ2n) is 10.1. The van der Waals surface area contributed by atoms with Gasteiger partial charge < -0.3 is 19.1 Å². The Labute approximate surface area is 209 Å². The van der Waals surface area contributed by atoms with Crippen molar-refractivity contribution in [2.24, 2.45) is 5.92 Å². The van der Waals surface area contributed by atoms with Gasteiger partial charge in [-0.3, -0.25) is 4.79 Å². The number of carbonyl (C=O) groups excluding carboxylic acids is 2. The lowest BCUT2D eigenvalue weighted by molar-refractivity contribution is -0.305. The number of thioether (sulfide) groups is 1. The zero-order valence-electron chi connectivity index (χ0n) is 21.4. The molecule has 2 fully saturated rings. The normalized spacial score (nSPS) is 35.9. The molecule has 0 unspecified atom stereocenters. The van der Waals surface area contributed by atoms with E-state index in [0.29, 0.717) is 31.1 Å². The number of hydrogen-bond donors (Lipinski definition) is 0. The molecule has 3 aliphatic rings. The molecule has 0 aromatic heterocycles. The molecule has 0 radical (unpaired) electrons. The Morgan fingerprint density at radius 1 is 1.21 bits per heavy atom. The van der Waals surface area contributed by atoms with E-state index in [2.05, 4.69) is 26.0 Å². The van der Waals surface area contributed by atoms with Crippen molar-refractivity contribution in [3.8, 4) is 0 Å². The molecular formula is C27H43NO5S. The minimum Gasteiger partial charge on any atom is -0.459 e. The van der Waals surface area contributed by atoms with Crippen LogP contribution in [0.2, 0.25) is 0 Å². The number of esters is 1. The predicted octanol–water partition coefficient (Wildman–Crippen LogP) is 6.25. The Morgan fingerprint density at radius 3 is 2.79 bits per heavy atom. The van der Waals surface area contributed by atoms with E-state index in [4.69, 9.17) is 14.2 Å². The molecule has 0 aromatic carbocycles. The van der Waals surface area contributed by atoms with Crippen LogP contribution < -0.4 is 0 Å². The maximum absolute atomic E-state index is 12.8. The number of ether oxygens (including phenoxy) is 3. The van der Waals surface area contributed by atoms with Gasteiger partial charge in [-0.15, -0.1) is 0 Å². The van der Waals surface area contributed by atoms with Crippen LogP contribution in [-0.2, 0) is 19.0 Å². The fraction of sp³-hybridized carbons (Fsp3) is 0.778. The maximum Gasteiger partial charge on any atom is 0.330 e. The van der Waals surface area contributed by atoms with Gasteiger partial charge in [-0.1, -0.05) is 62.6 Å². The van der Waals surface area contributed by atoms with E-state index in [1.165, 1.54) is 18.2 Å². The summed E-state index contributed by atoms with van der Waals surface area (Å²) in [4.78, 5) is 27.4. The zero-order chi connectivity index (χ0) is 24.6. The lowest BCUT2D eigenvalue weighted by atomic mass is 9.89. The number of rotatable bonds is 7. The van der Waals surface area contributed by atoms with Crippen LogP contribution in [0.15, 0.2) is 23.8 Å². The summed E-state index contributed by atoms with van der Waals surface area (Å²) >= 11 is 1.34. The minimum absolute atomic E-state index is 0.0852. The molecule has 2 bridgehead atoms. The van der Waals surface area contributed by atoms with Gasteiger partial charge in [-0.25, -0.2) is 4.79 Å². The second-order valence-corrected chi connectivity index (χ2v) is 11.1. The molecular weight excluding hydrogens is 450 g/mol. The van der Waals surface area contributed by atoms with E-state index in [1.807, 2.05) is 11.8 Å². The van der Waals surface area contributed by atoms with Gasteiger partial charge in [-0.05, 0) is 44.9 Å². The van der Waals surface area contributed by atoms with E-state index >= 15 is 0 Å². The first-order valence-electron chi connectivity index (χ1n) is 13.1. The lowest BCUT2D eigenvalue weighted by Crippen LogP contribution is -2.60. The van der Waals surface area contributed by atoms with Crippen LogP contribution >= 0.6 is 11.8 Å². The first kappa shape index (κ1) is 27.3. The smallest absolute Gasteiger partial charge is 0.330 e. The van der Waals surface area contributed by atoms with Crippen LogP contribution in [0.1, 0.15) is 85.0 Å². The van der Waals surface area contributed by atoms with Crippen molar-refractivity contribution in [3.05, 3.63) is 23.8 Å². The summed E-state index contributed by atoms with van der Waals surface area (Å²) in [6, 6.07) is -0.186. The van der Waals surface area contributed by atoms with Gasteiger partial charge in [0.15, 0.2) is 5.79 Å². The Balaban J connectivity index is 1.82. The zero-order valence-corrected chi connectivity index (χ0v) is 22.2. The fourth-order valence-corrected chi connectivity index (χ4v) is 6.37. The SMILES string of the molecule is CCCCCCN1C(=O)SC[C@H]1[C@@]1(OC)C[C@H]2C[C@@H](CC[C@H](C)/C=C\CC/C(C)=C\C(=O)O2)O1. The van der Waals surface area contributed by atoms with E-state index in [9.17, 15) is 9.59 Å². The molecule has 2 saturated heterocycles. The van der Waals surface area contributed by atoms with Crippen molar-refractivity contribution in [3.63, 3.8) is 0 Å². The number of unbranched alkanes of at least 4 members (excludes halogenated alkanes) is 3. The molecule has 0 aromatic rings. The van der Waals surface area contributed by atoms with Gasteiger partial charge in [0.2, 0.25) is 0 Å². The van der Waals surface area contributed by atoms with Gasteiger partial charge in [0.25, 0.3) is 5.24 Å². The lowest BCUT2D eigenvalue weighted by Gasteiger charge is -2.48. The molecule has 0 saturated carbocycles. The second kappa shape index (κ2) is 13.1. The molecule has 0 N–H and O–H groups in total. The summed E-state index contributed by atoms with van der Waals surface area (Å²) in [5, 5.41) is 0.0941. The van der Waals surface area contributed by atoms with Gasteiger partial charge in [0.1, 0.15) is 6.10 Å². The number of allylic oxidation sites excluding steroid dienone is 3. The van der Waals surface area contributed by atoms with Crippen molar-refractivity contribution in [2.75, 3.05) is 19.4 Å². The topological polar surface area (TPSA) is 65.1 Å². The average molecular weight is 494 g/mol. The molecule has 3 aliphatic heterocycles. The quantitative estimate of drug-likeness (QED) is 0.237. The summed E-state index contributed by atoms with van der Waals surface area (Å²) in [7, 11) is 1.66. The molecule has 5 atom stereocenters. The van der Waals surface area contributed by atoms with E-state index in [0.717, 1.165) is 50.5 Å². The number of hydrogen-bond acceptors (Lipinski definition) is 6. The predicted molar refractivity (Wildman–Crippen MR) is 137 cm³/mol. The molecule has 0 aliphatic carbocycles. The monoisotopic (exact) mass is 493 g/mol. The highest BCUT2D eigenvalue weighted by atomic mass is 32.2. The van der Waals surface area contributed by atoms with Crippen molar-refractivity contribution >= 4 is 23.0 Å². The summed E-state index contributed by atoms with van der Waals surface area (Å²) < 4.78 is 18.7. The highest BCUT2D eigenvalue weighted by Crippen LogP contribution is 2.42. The van der Waals surface area contributed by atoms with Crippen LogP contribution in [0, 0.1) is 5.92 Å². The summed E-state index contributed by atoms with van der Waals surface area (Å²) in [6.45, 7) is 7.12. The molecule has 7 heteroatoms. The van der Waals surface area contributed by atoms with Gasteiger partial charge >= 0.3 is 5.97 Å². The number of fused-ring (bicyclic) bond motifs is 2. The fourth-order valence-electron chi connectivity index (χ4n) is 5.25. The molecule has 192 valence electrons. The van der Waals surface area contributed by atoms with Gasteiger partial charge in [0, 0.05) is 38.3 Å². The number of carbonyl (C=O) groups is 2. The van der Waals surface area contributed by atoms with E-state index in [1.54, 1.807) is 13.2 Å². The van der Waals surface area contributed by atoms with Crippen LogP contribution in [-0.4, -0.2) is 59.6 Å². The summed E-state index contributed by atoms with van der Waals surface area (Å²) in [5.41, 5.74) is 1.03. The molecule has 6 nitrogen and oxygen atoms in total. The molecule has 0 spiro atoms. The molecule has 1 amide bonds. The maximum atomic E-state index is 12.8. The third-order valence-corrected chi connectivity index (χ3v) is 8.21. The van der Waals surface area contributed by atoms with E-state index < -0.39 is 5.79 Å². The summed E-state index contributed by atoms with van der Waals surface area (Å²) in [5.74, 6) is -0.177. The Hall–Kier alpha value is -1.31. The first-order valence-corrected chi connectivity index (χ1v) is 14.1. The largest absolute Gasteiger partial charge is 0.459 e. The van der Waals surface area contributed by atoms with Gasteiger partial charge in [0.05, 0.1) is 12.1 Å². The third kappa shape index (κ3) is 7.34. The van der Waals surface area contributed by atoms with Crippen molar-refractivity contribution in [2.45, 2.75) is 109 Å². The highest BCUT2D eigenvalue weighted by Gasteiger charge is 2.54. The minimum atomic E-state index is -0.966. The Bertz CT molecular complexity index is 753. The molecule has 3 heterocycles. The number of amides is 1. The number of methoxy groups -OCH3 is 1. The standard InChI is InChI=1S/C27H43NO5S/c1-5-6-7-10-15-28-24(19-34-26(28)30)27(31-4)18-23-17-22(33-27)14-13-20(2)11-8-9-12-21(3)16-25(29)32-23/h8,11,16,20,22-24H,5-7,9-10,12-15,17-19H2,1-4H3/b11-8-,21-16-/t20-,22-,23-,24+,27-/m1/s1. The Kier molecular flexibility index (Phi) is 10.5. The summed E-state index contributed by atoms with van der Waals surface area (Å²) in [6.07, 6.45) is 14.9.